The van der Waals surface area contributed by atoms with Gasteiger partial charge in [0.15, 0.2) is 0 Å². The summed E-state index contributed by atoms with van der Waals surface area (Å²) in [7, 11) is 4.64. The van der Waals surface area contributed by atoms with Gasteiger partial charge < -0.3 is 40.3 Å². The van der Waals surface area contributed by atoms with E-state index in [4.69, 9.17) is 14.3 Å². The molecule has 0 bridgehead atoms. The number of carbonyl (C=O) groups excluding carboxylic acids is 6. The normalized spacial score (nSPS) is 18.7. The third-order valence-electron chi connectivity index (χ3n) is 12.8. The maximum Gasteiger partial charge on any atom is 0.326 e. The highest BCUT2D eigenvalue weighted by molar-refractivity contribution is 6.20. The Morgan fingerprint density at radius 2 is 1.43 bits per heavy atom. The minimum absolute atomic E-state index is 0.0738. The molecule has 1 saturated heterocycles. The lowest BCUT2D eigenvalue weighted by Crippen LogP contribution is -2.60. The average Bonchev–Trinajstić information content (AvgIpc) is 3.86. The van der Waals surface area contributed by atoms with E-state index in [1.54, 1.807) is 72.3 Å². The minimum Gasteiger partial charge on any atom is -0.480 e. The number of imide groups is 1. The Labute approximate surface area is 383 Å². The summed E-state index contributed by atoms with van der Waals surface area (Å²) in [4.78, 5) is 103. The van der Waals surface area contributed by atoms with E-state index in [1.165, 1.54) is 14.2 Å². The van der Waals surface area contributed by atoms with Gasteiger partial charge in [-0.05, 0) is 48.3 Å². The Hall–Kier alpha value is -5.23. The van der Waals surface area contributed by atoms with Crippen molar-refractivity contribution < 1.29 is 53.0 Å². The molecule has 358 valence electrons. The molecule has 0 aliphatic carbocycles. The number of likely N-dealkylation sites (N-methyl/N-ethyl adjacent to an activating group) is 1. The zero-order valence-electron chi connectivity index (χ0n) is 39.6. The summed E-state index contributed by atoms with van der Waals surface area (Å²) in [6.45, 7) is 13.5. The molecule has 2 heterocycles. The highest BCUT2D eigenvalue weighted by atomic mass is 16.7. The molecule has 4 rings (SSSR count). The molecule has 2 aliphatic heterocycles. The van der Waals surface area contributed by atoms with Crippen LogP contribution in [0.3, 0.4) is 0 Å². The number of carboxylic acids is 1. The van der Waals surface area contributed by atoms with Crippen molar-refractivity contribution >= 4 is 41.4 Å². The summed E-state index contributed by atoms with van der Waals surface area (Å²) >= 11 is 0. The second-order valence-electron chi connectivity index (χ2n) is 17.9. The zero-order chi connectivity index (χ0) is 48.1. The van der Waals surface area contributed by atoms with E-state index in [2.05, 4.69) is 16.0 Å². The Bertz CT molecular complexity index is 1930. The van der Waals surface area contributed by atoms with Crippen LogP contribution < -0.4 is 16.0 Å². The van der Waals surface area contributed by atoms with Crippen LogP contribution >= 0.6 is 0 Å². The molecule has 65 heavy (non-hydrogen) atoms. The van der Waals surface area contributed by atoms with Crippen molar-refractivity contribution in [3.8, 4) is 0 Å². The monoisotopic (exact) mass is 907 g/mol. The van der Waals surface area contributed by atoms with E-state index in [0.29, 0.717) is 25.8 Å². The van der Waals surface area contributed by atoms with Crippen LogP contribution in [0.15, 0.2) is 54.6 Å². The van der Waals surface area contributed by atoms with Crippen molar-refractivity contribution in [2.24, 2.45) is 23.7 Å². The molecule has 0 aromatic heterocycles. The molecule has 17 heteroatoms. The van der Waals surface area contributed by atoms with Crippen molar-refractivity contribution in [1.29, 1.82) is 0 Å². The number of amides is 6. The average molecular weight is 907 g/mol. The molecular weight excluding hydrogens is 837 g/mol. The molecule has 4 N–H and O–H groups in total. The van der Waals surface area contributed by atoms with Gasteiger partial charge in [-0.25, -0.2) is 4.79 Å². The van der Waals surface area contributed by atoms with Crippen LogP contribution in [0.2, 0.25) is 0 Å². The number of likely N-dealkylation sites (tertiary alicyclic amines) is 1. The minimum atomic E-state index is -1.16. The van der Waals surface area contributed by atoms with Crippen molar-refractivity contribution in [2.75, 3.05) is 41.0 Å². The van der Waals surface area contributed by atoms with E-state index in [0.717, 1.165) is 10.6 Å². The van der Waals surface area contributed by atoms with Gasteiger partial charge in [0.2, 0.25) is 23.6 Å². The quantitative estimate of drug-likeness (QED) is 0.0830. The molecule has 1 fully saturated rings. The second kappa shape index (κ2) is 24.3. The van der Waals surface area contributed by atoms with Crippen molar-refractivity contribution in [2.45, 2.75) is 123 Å². The van der Waals surface area contributed by atoms with Gasteiger partial charge >= 0.3 is 5.97 Å². The van der Waals surface area contributed by atoms with Gasteiger partial charge in [0.25, 0.3) is 11.8 Å². The molecule has 17 nitrogen and oxygen atoms in total. The number of nitrogens with one attached hydrogen (secondary N) is 3. The molecule has 2 aliphatic rings. The number of ether oxygens (including phenoxy) is 2. The summed E-state index contributed by atoms with van der Waals surface area (Å²) in [5.41, 5.74) is 1.29. The van der Waals surface area contributed by atoms with Gasteiger partial charge in [-0.2, -0.15) is 0 Å². The van der Waals surface area contributed by atoms with Crippen LogP contribution in [0.25, 0.3) is 0 Å². The number of carboxylic acid groups (broad SMARTS) is 1. The van der Waals surface area contributed by atoms with Crippen LogP contribution in [-0.2, 0) is 44.7 Å². The number of hydroxylamine groups is 2. The highest BCUT2D eigenvalue weighted by Gasteiger charge is 2.44. The molecule has 2 aromatic rings. The van der Waals surface area contributed by atoms with E-state index in [9.17, 15) is 38.7 Å². The topological polar surface area (TPSA) is 213 Å². The maximum atomic E-state index is 14.5. The molecule has 2 aromatic carbocycles. The SMILES string of the molecule is CC[C@H](C)[C@@H]([C@@H](CC(=O)N1CCC[C@H]1[C@H](OC)[C@@H](C)C(=O)N[C@@H](Cc1ccccc1)C(=O)O)OC)N(C)C(=O)[C@@H](NC(=O)[C@@H](NCCON1C(=O)c2ccccc2C1=O)C(C)C)C(C)C. The van der Waals surface area contributed by atoms with E-state index in [1.807, 2.05) is 47.6 Å². The van der Waals surface area contributed by atoms with Gasteiger partial charge in [0.05, 0.1) is 60.4 Å². The lowest BCUT2D eigenvalue weighted by Gasteiger charge is -2.41. The van der Waals surface area contributed by atoms with E-state index >= 15 is 0 Å². The number of hydrogen-bond donors (Lipinski definition) is 4. The first kappa shape index (κ1) is 52.4. The van der Waals surface area contributed by atoms with Crippen LogP contribution in [0.5, 0.6) is 0 Å². The fraction of sp³-hybridized carbons (Fsp3) is 0.604. The van der Waals surface area contributed by atoms with Gasteiger partial charge in [-0.1, -0.05) is 97.4 Å². The van der Waals surface area contributed by atoms with Gasteiger partial charge in [0.1, 0.15) is 12.1 Å². The number of aliphatic carboxylic acids is 1. The highest BCUT2D eigenvalue weighted by Crippen LogP contribution is 2.30. The van der Waals surface area contributed by atoms with E-state index < -0.39 is 77.9 Å². The Morgan fingerprint density at radius 1 is 0.831 bits per heavy atom. The lowest BCUT2D eigenvalue weighted by atomic mass is 9.89. The van der Waals surface area contributed by atoms with Crippen LogP contribution in [0.4, 0.5) is 0 Å². The largest absolute Gasteiger partial charge is 0.480 e. The van der Waals surface area contributed by atoms with Gasteiger partial charge in [-0.3, -0.25) is 33.6 Å². The zero-order valence-corrected chi connectivity index (χ0v) is 39.6. The molecule has 0 radical (unpaired) electrons. The molecule has 0 saturated carbocycles. The van der Waals surface area contributed by atoms with Crippen molar-refractivity contribution in [1.82, 2.24) is 30.8 Å². The standard InChI is InChI=1S/C48H70N6O11/c1-11-30(6)41(37(63-9)27-38(55)53-24-17-22-36(53)42(64-10)31(7)43(56)50-35(48(61)62)26-32-18-13-12-14-19-32)52(8)47(60)40(29(4)5)51-44(57)39(28(2)3)49-23-25-65-54-45(58)33-20-15-16-21-34(33)46(54)59/h12-16,18-21,28-31,35-37,39-42,49H,11,17,22-27H2,1-10H3,(H,50,56)(H,51,57)(H,61,62)/t30-,31+,35-,36-,37+,39-,40-,41-,42+/m0/s1. The number of hydrogen-bond acceptors (Lipinski definition) is 11. The fourth-order valence-corrected chi connectivity index (χ4v) is 8.90. The number of nitrogens with zero attached hydrogens (tertiary/aromatic N) is 3. The number of fused-ring (bicyclic) bond motifs is 1. The van der Waals surface area contributed by atoms with Gasteiger partial charge in [-0.15, -0.1) is 5.06 Å². The Morgan fingerprint density at radius 3 is 1.97 bits per heavy atom. The van der Waals surface area contributed by atoms with Crippen LogP contribution in [0.1, 0.15) is 100 Å². The number of carbonyl (C=O) groups is 7. The van der Waals surface area contributed by atoms with Crippen LogP contribution in [-0.4, -0.2) is 145 Å². The predicted molar refractivity (Wildman–Crippen MR) is 242 cm³/mol. The molecule has 0 spiro atoms. The second-order valence-corrected chi connectivity index (χ2v) is 17.9. The van der Waals surface area contributed by atoms with Crippen molar-refractivity contribution in [3.63, 3.8) is 0 Å². The third kappa shape index (κ3) is 13.0. The van der Waals surface area contributed by atoms with Crippen molar-refractivity contribution in [3.05, 3.63) is 71.3 Å². The van der Waals surface area contributed by atoms with Crippen LogP contribution in [0, 0.1) is 23.7 Å². The molecule has 6 amide bonds. The van der Waals surface area contributed by atoms with Gasteiger partial charge in [0, 0.05) is 40.8 Å². The first-order valence-corrected chi connectivity index (χ1v) is 22.7. The number of rotatable bonds is 25. The Kier molecular flexibility index (Phi) is 19.6. The first-order chi connectivity index (χ1) is 30.9. The number of benzene rings is 2. The molecule has 0 unspecified atom stereocenters. The van der Waals surface area contributed by atoms with E-state index in [-0.39, 0.29) is 66.7 Å². The summed E-state index contributed by atoms with van der Waals surface area (Å²) in [5.74, 6) is -5.21. The predicted octanol–water partition coefficient (Wildman–Crippen LogP) is 3.70. The smallest absolute Gasteiger partial charge is 0.326 e. The first-order valence-electron chi connectivity index (χ1n) is 22.7. The third-order valence-corrected chi connectivity index (χ3v) is 12.8. The summed E-state index contributed by atoms with van der Waals surface area (Å²) in [6, 6.07) is 11.6. The summed E-state index contributed by atoms with van der Waals surface area (Å²) in [6.07, 6.45) is 0.461. The molecule has 9 atom stereocenters. The summed E-state index contributed by atoms with van der Waals surface area (Å²) in [5, 5.41) is 19.5. The summed E-state index contributed by atoms with van der Waals surface area (Å²) < 4.78 is 11.9. The lowest BCUT2D eigenvalue weighted by molar-refractivity contribution is -0.148. The number of methoxy groups -OCH3 is 2. The fourth-order valence-electron chi connectivity index (χ4n) is 8.90. The maximum absolute atomic E-state index is 14.5. The Balaban J connectivity index is 1.41. The molecular formula is C48H70N6O11.